The highest BCUT2D eigenvalue weighted by Crippen LogP contribution is 2.42. The topological polar surface area (TPSA) is 66.6 Å². The Morgan fingerprint density at radius 3 is 2.86 bits per heavy atom. The highest BCUT2D eigenvalue weighted by atomic mass is 32.1. The van der Waals surface area contributed by atoms with Gasteiger partial charge in [0.1, 0.15) is 10.6 Å². The van der Waals surface area contributed by atoms with Crippen molar-refractivity contribution < 1.29 is 9.52 Å². The average molecular weight is 407 g/mol. The Hall–Kier alpha value is -2.70. The number of thiazole rings is 1. The first kappa shape index (κ1) is 18.3. The fourth-order valence-corrected chi connectivity index (χ4v) is 5.09. The minimum Gasteiger partial charge on any atom is -0.422 e. The highest BCUT2D eigenvalue weighted by Gasteiger charge is 2.32. The van der Waals surface area contributed by atoms with Crippen LogP contribution >= 0.6 is 11.3 Å². The maximum Gasteiger partial charge on any atom is 0.346 e. The van der Waals surface area contributed by atoms with E-state index in [-0.39, 0.29) is 17.6 Å². The molecule has 6 heteroatoms. The molecule has 0 unspecified atom stereocenters. The molecule has 0 bridgehead atoms. The van der Waals surface area contributed by atoms with Crippen LogP contribution in [0, 0.1) is 0 Å². The lowest BCUT2D eigenvalue weighted by Gasteiger charge is -2.40. The molecule has 4 aromatic rings. The molecule has 5 rings (SSSR count). The quantitative estimate of drug-likeness (QED) is 0.506. The number of para-hydroxylation sites is 1. The summed E-state index contributed by atoms with van der Waals surface area (Å²) in [7, 11) is 0. The van der Waals surface area contributed by atoms with Gasteiger partial charge in [-0.05, 0) is 41.7 Å². The van der Waals surface area contributed by atoms with E-state index < -0.39 is 0 Å². The molecular weight excluding hydrogens is 384 g/mol. The number of aliphatic hydroxyl groups is 1. The summed E-state index contributed by atoms with van der Waals surface area (Å²) in [5.74, 6) is 0. The third-order valence-corrected chi connectivity index (χ3v) is 6.89. The Morgan fingerprint density at radius 1 is 1.24 bits per heavy atom. The summed E-state index contributed by atoms with van der Waals surface area (Å²) in [5.41, 5.74) is 3.85. The monoisotopic (exact) mass is 406 g/mol. The van der Waals surface area contributed by atoms with E-state index in [2.05, 4.69) is 29.8 Å². The third kappa shape index (κ3) is 3.03. The van der Waals surface area contributed by atoms with Gasteiger partial charge in [-0.25, -0.2) is 9.78 Å². The molecule has 0 atom stereocenters. The van der Waals surface area contributed by atoms with Crippen LogP contribution in [0.5, 0.6) is 0 Å². The number of benzene rings is 2. The van der Waals surface area contributed by atoms with Crippen molar-refractivity contribution in [3.05, 3.63) is 58.4 Å². The fourth-order valence-electron chi connectivity index (χ4n) is 4.12. The number of rotatable bonds is 3. The van der Waals surface area contributed by atoms with E-state index in [0.717, 1.165) is 34.3 Å². The standard InChI is InChI=1S/C23H22N2O3S/c1-23(2)7-8-25(9-10-26)18-13-19-14(12-16(18)23)11-15(22(27)28-19)21-24-17-5-3-4-6-20(17)29-21/h3-6,11-13,26H,7-10H2,1-2H3. The zero-order chi connectivity index (χ0) is 20.2. The molecule has 1 aliphatic rings. The Morgan fingerprint density at radius 2 is 2.07 bits per heavy atom. The molecule has 0 fully saturated rings. The second kappa shape index (κ2) is 6.68. The maximum atomic E-state index is 12.8. The molecule has 29 heavy (non-hydrogen) atoms. The summed E-state index contributed by atoms with van der Waals surface area (Å²) < 4.78 is 6.78. The number of anilines is 1. The normalized spacial score (nSPS) is 15.8. The lowest BCUT2D eigenvalue weighted by Crippen LogP contribution is -2.38. The van der Waals surface area contributed by atoms with Crippen LogP contribution < -0.4 is 10.5 Å². The summed E-state index contributed by atoms with van der Waals surface area (Å²) in [6, 6.07) is 13.9. The molecule has 5 nitrogen and oxygen atoms in total. The summed E-state index contributed by atoms with van der Waals surface area (Å²) in [6.07, 6.45) is 1.01. The van der Waals surface area contributed by atoms with Crippen LogP contribution in [0.2, 0.25) is 0 Å². The van der Waals surface area contributed by atoms with Gasteiger partial charge in [-0.3, -0.25) is 0 Å². The predicted octanol–water partition coefficient (Wildman–Crippen LogP) is 4.55. The van der Waals surface area contributed by atoms with E-state index in [1.54, 1.807) is 0 Å². The highest BCUT2D eigenvalue weighted by molar-refractivity contribution is 7.21. The number of fused-ring (bicyclic) bond motifs is 3. The first-order chi connectivity index (χ1) is 14.0. The summed E-state index contributed by atoms with van der Waals surface area (Å²) in [5, 5.41) is 11.0. The van der Waals surface area contributed by atoms with Crippen LogP contribution in [0.4, 0.5) is 5.69 Å². The van der Waals surface area contributed by atoms with E-state index in [0.29, 0.717) is 22.7 Å². The van der Waals surface area contributed by atoms with Gasteiger partial charge in [0.15, 0.2) is 0 Å². The molecule has 1 aliphatic heterocycles. The molecule has 3 heterocycles. The zero-order valence-electron chi connectivity index (χ0n) is 16.4. The van der Waals surface area contributed by atoms with Crippen LogP contribution in [0.1, 0.15) is 25.8 Å². The zero-order valence-corrected chi connectivity index (χ0v) is 17.3. The number of aliphatic hydroxyl groups excluding tert-OH is 1. The Bertz CT molecular complexity index is 1260. The van der Waals surface area contributed by atoms with Gasteiger partial charge in [-0.15, -0.1) is 11.3 Å². The lowest BCUT2D eigenvalue weighted by molar-refractivity contribution is 0.297. The van der Waals surface area contributed by atoms with Gasteiger partial charge in [-0.1, -0.05) is 26.0 Å². The number of hydrogen-bond acceptors (Lipinski definition) is 6. The molecular formula is C23H22N2O3S. The van der Waals surface area contributed by atoms with E-state index in [4.69, 9.17) is 4.42 Å². The van der Waals surface area contributed by atoms with Crippen LogP contribution in [-0.4, -0.2) is 29.8 Å². The van der Waals surface area contributed by atoms with Crippen molar-refractivity contribution in [2.24, 2.45) is 0 Å². The van der Waals surface area contributed by atoms with Crippen molar-refractivity contribution in [2.75, 3.05) is 24.6 Å². The van der Waals surface area contributed by atoms with Gasteiger partial charge in [0, 0.05) is 30.2 Å². The summed E-state index contributed by atoms with van der Waals surface area (Å²) in [4.78, 5) is 19.6. The van der Waals surface area contributed by atoms with E-state index >= 15 is 0 Å². The van der Waals surface area contributed by atoms with Crippen molar-refractivity contribution >= 4 is 38.2 Å². The van der Waals surface area contributed by atoms with Crippen LogP contribution in [-0.2, 0) is 5.41 Å². The summed E-state index contributed by atoms with van der Waals surface area (Å²) in [6.45, 7) is 6.02. The predicted molar refractivity (Wildman–Crippen MR) is 118 cm³/mol. The molecule has 0 saturated carbocycles. The number of hydrogen-bond donors (Lipinski definition) is 1. The second-order valence-electron chi connectivity index (χ2n) is 8.19. The van der Waals surface area contributed by atoms with Gasteiger partial charge in [0.2, 0.25) is 0 Å². The summed E-state index contributed by atoms with van der Waals surface area (Å²) >= 11 is 1.50. The Labute approximate surface area is 172 Å². The molecule has 0 amide bonds. The van der Waals surface area contributed by atoms with Crippen molar-refractivity contribution in [1.82, 2.24) is 4.98 Å². The molecule has 1 N–H and O–H groups in total. The van der Waals surface area contributed by atoms with Gasteiger partial charge >= 0.3 is 5.63 Å². The number of nitrogens with zero attached hydrogens (tertiary/aromatic N) is 2. The third-order valence-electron chi connectivity index (χ3n) is 5.82. The Balaban J connectivity index is 1.70. The Kier molecular flexibility index (Phi) is 4.22. The fraction of sp³-hybridized carbons (Fsp3) is 0.304. The molecule has 0 radical (unpaired) electrons. The lowest BCUT2D eigenvalue weighted by atomic mass is 9.77. The minimum atomic E-state index is -0.375. The van der Waals surface area contributed by atoms with Crippen molar-refractivity contribution in [3.63, 3.8) is 0 Å². The van der Waals surface area contributed by atoms with E-state index in [1.165, 1.54) is 16.9 Å². The molecule has 0 spiro atoms. The molecule has 2 aromatic carbocycles. The van der Waals surface area contributed by atoms with Crippen molar-refractivity contribution in [2.45, 2.75) is 25.7 Å². The average Bonchev–Trinajstić information content (AvgIpc) is 3.13. The van der Waals surface area contributed by atoms with Crippen LogP contribution in [0.15, 0.2) is 51.7 Å². The van der Waals surface area contributed by atoms with Crippen molar-refractivity contribution in [3.8, 4) is 10.6 Å². The second-order valence-corrected chi connectivity index (χ2v) is 9.22. The van der Waals surface area contributed by atoms with Gasteiger partial charge in [-0.2, -0.15) is 0 Å². The maximum absolute atomic E-state index is 12.8. The van der Waals surface area contributed by atoms with Crippen molar-refractivity contribution in [1.29, 1.82) is 0 Å². The number of β-amino-alcohol motifs (C(OH)–C–C–N with tert-alkyl or cyclic N) is 1. The minimum absolute atomic E-state index is 0.0155. The molecule has 148 valence electrons. The van der Waals surface area contributed by atoms with E-state index in [1.807, 2.05) is 36.4 Å². The smallest absolute Gasteiger partial charge is 0.346 e. The molecule has 0 aliphatic carbocycles. The largest absolute Gasteiger partial charge is 0.422 e. The molecule has 2 aromatic heterocycles. The first-order valence-electron chi connectivity index (χ1n) is 9.80. The van der Waals surface area contributed by atoms with Gasteiger partial charge < -0.3 is 14.4 Å². The molecule has 0 saturated heterocycles. The van der Waals surface area contributed by atoms with Gasteiger partial charge in [0.25, 0.3) is 0 Å². The van der Waals surface area contributed by atoms with Crippen LogP contribution in [0.25, 0.3) is 31.8 Å². The van der Waals surface area contributed by atoms with Crippen LogP contribution in [0.3, 0.4) is 0 Å². The SMILES string of the molecule is CC1(C)CCN(CCO)c2cc3oc(=O)c(-c4nc5ccccc5s4)cc3cc21. The van der Waals surface area contributed by atoms with Gasteiger partial charge in [0.05, 0.1) is 22.4 Å². The first-order valence-corrected chi connectivity index (χ1v) is 10.6. The van der Waals surface area contributed by atoms with E-state index in [9.17, 15) is 9.90 Å². The number of aromatic nitrogens is 1.